The van der Waals surface area contributed by atoms with Crippen LogP contribution < -0.4 is 20.3 Å². The number of carbonyl (C=O) groups excluding carboxylic acids is 1. The smallest absolute Gasteiger partial charge is 0.434 e. The fourth-order valence-corrected chi connectivity index (χ4v) is 2.72. The summed E-state index contributed by atoms with van der Waals surface area (Å²) in [6.45, 7) is 0. The first-order chi connectivity index (χ1) is 14.6. The molecule has 0 radical (unpaired) electrons. The number of halogens is 5. The van der Waals surface area contributed by atoms with Crippen molar-refractivity contribution in [2.45, 2.75) is 6.18 Å². The van der Waals surface area contributed by atoms with Gasteiger partial charge in [0.05, 0.1) is 12.1 Å². The number of amides is 1. The van der Waals surface area contributed by atoms with Crippen molar-refractivity contribution >= 4 is 23.2 Å². The summed E-state index contributed by atoms with van der Waals surface area (Å²) in [6, 6.07) is 6.14. The van der Waals surface area contributed by atoms with E-state index in [-0.39, 0.29) is 17.2 Å². The van der Waals surface area contributed by atoms with Crippen LogP contribution in [0.5, 0.6) is 17.4 Å². The molecule has 2 aromatic heterocycles. The summed E-state index contributed by atoms with van der Waals surface area (Å²) in [4.78, 5) is 29.8. The Morgan fingerprint density at radius 2 is 1.90 bits per heavy atom. The number of pyridine rings is 2. The van der Waals surface area contributed by atoms with Crippen LogP contribution in [0, 0.1) is 5.82 Å². The normalized spacial score (nSPS) is 11.2. The maximum absolute atomic E-state index is 13.4. The summed E-state index contributed by atoms with van der Waals surface area (Å²) >= 11 is 5.69. The molecule has 0 saturated heterocycles. The first kappa shape index (κ1) is 22.1. The zero-order valence-corrected chi connectivity index (χ0v) is 16.3. The molecule has 1 amide bonds. The van der Waals surface area contributed by atoms with E-state index in [4.69, 9.17) is 21.1 Å². The molecule has 2 N–H and O–H groups in total. The third kappa shape index (κ3) is 5.12. The number of rotatable bonds is 5. The van der Waals surface area contributed by atoms with Crippen molar-refractivity contribution in [3.8, 4) is 17.4 Å². The standard InChI is InChI=1S/C19H12ClF4N3O4/c1-30-14-6-9(21)2-3-13(14)31-18-11(8-12(20)16(27-18)19(22,23)24)17(29)26-10-4-5-25-15(28)7-10/h2-8H,1H3,(H2,25,26,28,29). The average Bonchev–Trinajstić information content (AvgIpc) is 2.69. The van der Waals surface area contributed by atoms with Gasteiger partial charge >= 0.3 is 6.18 Å². The second-order valence-electron chi connectivity index (χ2n) is 5.96. The van der Waals surface area contributed by atoms with Crippen LogP contribution in [0.25, 0.3) is 0 Å². The molecule has 3 aromatic rings. The molecule has 0 bridgehead atoms. The number of methoxy groups -OCH3 is 1. The topological polar surface area (TPSA) is 93.3 Å². The molecular weight excluding hydrogens is 446 g/mol. The number of nitrogens with one attached hydrogen (secondary N) is 2. The summed E-state index contributed by atoms with van der Waals surface area (Å²) in [7, 11) is 1.19. The Morgan fingerprint density at radius 3 is 2.55 bits per heavy atom. The molecule has 0 aliphatic carbocycles. The van der Waals surface area contributed by atoms with Gasteiger partial charge in [0.2, 0.25) is 11.4 Å². The molecule has 31 heavy (non-hydrogen) atoms. The number of H-pyrrole nitrogens is 1. The minimum Gasteiger partial charge on any atom is -0.493 e. The number of carbonyl (C=O) groups is 1. The van der Waals surface area contributed by atoms with Crippen molar-refractivity contribution in [2.24, 2.45) is 0 Å². The van der Waals surface area contributed by atoms with Crippen molar-refractivity contribution < 1.29 is 31.8 Å². The largest absolute Gasteiger partial charge is 0.493 e. The SMILES string of the molecule is COc1cc(F)ccc1Oc1nc(C(F)(F)F)c(Cl)cc1C(=O)Nc1cc[nH]c(=O)c1. The van der Waals surface area contributed by atoms with Crippen LogP contribution in [0.15, 0.2) is 47.4 Å². The van der Waals surface area contributed by atoms with Gasteiger partial charge in [0.15, 0.2) is 17.2 Å². The molecule has 0 unspecified atom stereocenters. The highest BCUT2D eigenvalue weighted by Crippen LogP contribution is 2.39. The molecule has 7 nitrogen and oxygen atoms in total. The predicted octanol–water partition coefficient (Wildman–Crippen LogP) is 4.63. The van der Waals surface area contributed by atoms with Crippen LogP contribution in [0.4, 0.5) is 23.2 Å². The zero-order chi connectivity index (χ0) is 22.8. The van der Waals surface area contributed by atoms with Gasteiger partial charge in [-0.25, -0.2) is 9.37 Å². The van der Waals surface area contributed by atoms with E-state index in [1.165, 1.54) is 19.4 Å². The summed E-state index contributed by atoms with van der Waals surface area (Å²) in [5.41, 5.74) is -2.41. The minimum atomic E-state index is -4.94. The summed E-state index contributed by atoms with van der Waals surface area (Å²) in [6.07, 6.45) is -3.68. The lowest BCUT2D eigenvalue weighted by Crippen LogP contribution is -2.18. The third-order valence-electron chi connectivity index (χ3n) is 3.82. The van der Waals surface area contributed by atoms with E-state index in [0.717, 1.165) is 30.3 Å². The van der Waals surface area contributed by atoms with Crippen molar-refractivity contribution in [1.29, 1.82) is 0 Å². The van der Waals surface area contributed by atoms with E-state index >= 15 is 0 Å². The van der Waals surface area contributed by atoms with Gasteiger partial charge in [0, 0.05) is 24.0 Å². The molecule has 162 valence electrons. The first-order valence-corrected chi connectivity index (χ1v) is 8.75. The average molecular weight is 458 g/mol. The number of ether oxygens (including phenoxy) is 2. The van der Waals surface area contributed by atoms with Crippen molar-refractivity contribution in [3.63, 3.8) is 0 Å². The van der Waals surface area contributed by atoms with Gasteiger partial charge in [-0.3, -0.25) is 9.59 Å². The van der Waals surface area contributed by atoms with E-state index in [2.05, 4.69) is 15.3 Å². The van der Waals surface area contributed by atoms with Crippen LogP contribution in [0.2, 0.25) is 5.02 Å². The highest BCUT2D eigenvalue weighted by molar-refractivity contribution is 6.31. The van der Waals surface area contributed by atoms with Gasteiger partial charge in [-0.05, 0) is 24.3 Å². The lowest BCUT2D eigenvalue weighted by Gasteiger charge is -2.16. The van der Waals surface area contributed by atoms with Crippen molar-refractivity contribution in [3.05, 3.63) is 75.0 Å². The van der Waals surface area contributed by atoms with Gasteiger partial charge in [0.25, 0.3) is 5.91 Å². The van der Waals surface area contributed by atoms with Crippen molar-refractivity contribution in [1.82, 2.24) is 9.97 Å². The molecule has 0 fully saturated rings. The molecule has 1 aromatic carbocycles. The van der Waals surface area contributed by atoms with E-state index in [1.54, 1.807) is 0 Å². The van der Waals surface area contributed by atoms with E-state index in [0.29, 0.717) is 0 Å². The van der Waals surface area contributed by atoms with Gasteiger partial charge in [-0.15, -0.1) is 0 Å². The van der Waals surface area contributed by atoms with E-state index in [9.17, 15) is 27.2 Å². The van der Waals surface area contributed by atoms with Crippen LogP contribution >= 0.6 is 11.6 Å². The summed E-state index contributed by atoms with van der Waals surface area (Å²) in [5, 5.41) is 1.49. The molecule has 0 aliphatic rings. The second kappa shape index (κ2) is 8.64. The first-order valence-electron chi connectivity index (χ1n) is 8.37. The lowest BCUT2D eigenvalue weighted by atomic mass is 10.2. The highest BCUT2D eigenvalue weighted by atomic mass is 35.5. The monoisotopic (exact) mass is 457 g/mol. The number of aromatic amines is 1. The van der Waals surface area contributed by atoms with Gasteiger partial charge in [-0.1, -0.05) is 11.6 Å². The number of hydrogen-bond donors (Lipinski definition) is 2. The zero-order valence-electron chi connectivity index (χ0n) is 15.5. The Balaban J connectivity index is 2.08. The summed E-state index contributed by atoms with van der Waals surface area (Å²) < 4.78 is 63.6. The minimum absolute atomic E-state index is 0.0649. The molecule has 2 heterocycles. The second-order valence-corrected chi connectivity index (χ2v) is 6.37. The molecule has 0 spiro atoms. The number of benzene rings is 1. The lowest BCUT2D eigenvalue weighted by molar-refractivity contribution is -0.141. The Labute approximate surface area is 176 Å². The molecule has 12 heteroatoms. The quantitative estimate of drug-likeness (QED) is 0.545. The maximum atomic E-state index is 13.4. The Kier molecular flexibility index (Phi) is 6.16. The number of hydrogen-bond acceptors (Lipinski definition) is 5. The molecule has 0 atom stereocenters. The fourth-order valence-electron chi connectivity index (χ4n) is 2.46. The Morgan fingerprint density at radius 1 is 1.16 bits per heavy atom. The fraction of sp³-hybridized carbons (Fsp3) is 0.105. The Hall–Kier alpha value is -3.60. The highest BCUT2D eigenvalue weighted by Gasteiger charge is 2.37. The number of aromatic nitrogens is 2. The molecule has 0 aliphatic heterocycles. The molecule has 0 saturated carbocycles. The number of alkyl halides is 3. The van der Waals surface area contributed by atoms with Gasteiger partial charge in [-0.2, -0.15) is 13.2 Å². The van der Waals surface area contributed by atoms with Crippen LogP contribution in [0.3, 0.4) is 0 Å². The van der Waals surface area contributed by atoms with E-state index in [1.807, 2.05) is 0 Å². The molecular formula is C19H12ClF4N3O4. The number of anilines is 1. The van der Waals surface area contributed by atoms with Gasteiger partial charge in [0.1, 0.15) is 11.4 Å². The van der Waals surface area contributed by atoms with Crippen LogP contribution in [0.1, 0.15) is 16.1 Å². The van der Waals surface area contributed by atoms with Crippen LogP contribution in [-0.4, -0.2) is 23.0 Å². The molecule has 3 rings (SSSR count). The third-order valence-corrected chi connectivity index (χ3v) is 4.11. The van der Waals surface area contributed by atoms with Crippen molar-refractivity contribution in [2.75, 3.05) is 12.4 Å². The number of nitrogens with zero attached hydrogens (tertiary/aromatic N) is 1. The Bertz CT molecular complexity index is 1200. The van der Waals surface area contributed by atoms with E-state index < -0.39 is 45.6 Å². The predicted molar refractivity (Wildman–Crippen MR) is 102 cm³/mol. The van der Waals surface area contributed by atoms with Crippen LogP contribution in [-0.2, 0) is 6.18 Å². The van der Waals surface area contributed by atoms with Gasteiger partial charge < -0.3 is 19.8 Å². The maximum Gasteiger partial charge on any atom is 0.434 e. The summed E-state index contributed by atoms with van der Waals surface area (Å²) in [5.74, 6) is -2.74.